The fourth-order valence-corrected chi connectivity index (χ4v) is 3.54. The molecule has 0 aromatic rings. The third kappa shape index (κ3) is 5.84. The topological polar surface area (TPSA) is 81.4 Å². The standard InChI is InChI=1S/C11H24N2O3S.ClH/c1-10(2)16-7-8-17(14,15)13-11(9-12)5-3-4-6-11;/h10,13H,3-9,12H2,1-2H3;1H. The van der Waals surface area contributed by atoms with E-state index in [1.807, 2.05) is 13.8 Å². The van der Waals surface area contributed by atoms with Gasteiger partial charge in [0.2, 0.25) is 10.0 Å². The Morgan fingerprint density at radius 1 is 1.33 bits per heavy atom. The Morgan fingerprint density at radius 3 is 2.33 bits per heavy atom. The van der Waals surface area contributed by atoms with Gasteiger partial charge in [-0.15, -0.1) is 12.4 Å². The smallest absolute Gasteiger partial charge is 0.214 e. The van der Waals surface area contributed by atoms with Gasteiger partial charge in [-0.3, -0.25) is 0 Å². The van der Waals surface area contributed by atoms with Crippen molar-refractivity contribution in [2.24, 2.45) is 5.73 Å². The van der Waals surface area contributed by atoms with Gasteiger partial charge in [-0.1, -0.05) is 12.8 Å². The molecule has 0 unspecified atom stereocenters. The van der Waals surface area contributed by atoms with Crippen molar-refractivity contribution >= 4 is 22.4 Å². The lowest BCUT2D eigenvalue weighted by molar-refractivity contribution is 0.0910. The van der Waals surface area contributed by atoms with Gasteiger partial charge in [0.15, 0.2) is 0 Å². The second-order valence-electron chi connectivity index (χ2n) is 5.03. The molecule has 1 fully saturated rings. The zero-order valence-corrected chi connectivity index (χ0v) is 12.8. The number of nitrogens with two attached hydrogens (primary N) is 1. The van der Waals surface area contributed by atoms with E-state index in [1.54, 1.807) is 0 Å². The van der Waals surface area contributed by atoms with Gasteiger partial charge in [-0.25, -0.2) is 13.1 Å². The van der Waals surface area contributed by atoms with Crippen molar-refractivity contribution in [3.63, 3.8) is 0 Å². The van der Waals surface area contributed by atoms with Crippen LogP contribution in [0.4, 0.5) is 0 Å². The first-order valence-electron chi connectivity index (χ1n) is 6.22. The van der Waals surface area contributed by atoms with Gasteiger partial charge in [0, 0.05) is 12.1 Å². The molecule has 0 amide bonds. The van der Waals surface area contributed by atoms with Crippen LogP contribution in [0, 0.1) is 0 Å². The summed E-state index contributed by atoms with van der Waals surface area (Å²) < 4.78 is 31.8. The van der Waals surface area contributed by atoms with Crippen LogP contribution in [0.15, 0.2) is 0 Å². The first-order chi connectivity index (χ1) is 7.89. The maximum Gasteiger partial charge on any atom is 0.214 e. The van der Waals surface area contributed by atoms with Crippen molar-refractivity contribution in [1.29, 1.82) is 0 Å². The third-order valence-corrected chi connectivity index (χ3v) is 4.57. The van der Waals surface area contributed by atoms with Crippen molar-refractivity contribution in [2.45, 2.75) is 51.2 Å². The van der Waals surface area contributed by atoms with E-state index in [1.165, 1.54) is 0 Å². The van der Waals surface area contributed by atoms with Crippen molar-refractivity contribution < 1.29 is 13.2 Å². The summed E-state index contributed by atoms with van der Waals surface area (Å²) in [5.41, 5.74) is 5.29. The van der Waals surface area contributed by atoms with Crippen molar-refractivity contribution in [1.82, 2.24) is 4.72 Å². The molecule has 110 valence electrons. The Labute approximate surface area is 116 Å². The van der Waals surface area contributed by atoms with Gasteiger partial charge in [-0.2, -0.15) is 0 Å². The van der Waals surface area contributed by atoms with E-state index >= 15 is 0 Å². The molecule has 0 spiro atoms. The minimum atomic E-state index is -3.29. The molecule has 0 radical (unpaired) electrons. The van der Waals surface area contributed by atoms with Gasteiger partial charge < -0.3 is 10.5 Å². The fraction of sp³-hybridized carbons (Fsp3) is 1.00. The van der Waals surface area contributed by atoms with Crippen molar-refractivity contribution in [3.05, 3.63) is 0 Å². The summed E-state index contributed by atoms with van der Waals surface area (Å²) in [7, 11) is -3.29. The molecule has 0 aromatic carbocycles. The van der Waals surface area contributed by atoms with Gasteiger partial charge in [0.1, 0.15) is 0 Å². The molecule has 18 heavy (non-hydrogen) atoms. The first-order valence-corrected chi connectivity index (χ1v) is 7.88. The second kappa shape index (κ2) is 7.65. The first kappa shape index (κ1) is 18.1. The molecule has 1 aliphatic carbocycles. The van der Waals surface area contributed by atoms with Gasteiger partial charge in [0.05, 0.1) is 18.5 Å². The van der Waals surface area contributed by atoms with E-state index in [2.05, 4.69) is 4.72 Å². The molecule has 7 heteroatoms. The summed E-state index contributed by atoms with van der Waals surface area (Å²) in [6, 6.07) is 0. The zero-order chi connectivity index (χ0) is 12.9. The maximum atomic E-state index is 11.9. The summed E-state index contributed by atoms with van der Waals surface area (Å²) in [5, 5.41) is 0. The molecule has 3 N–H and O–H groups in total. The highest BCUT2D eigenvalue weighted by Gasteiger charge is 2.35. The number of hydrogen-bond donors (Lipinski definition) is 2. The number of sulfonamides is 1. The Morgan fingerprint density at radius 2 is 1.89 bits per heavy atom. The van der Waals surface area contributed by atoms with Gasteiger partial charge in [-0.05, 0) is 26.7 Å². The summed E-state index contributed by atoms with van der Waals surface area (Å²) >= 11 is 0. The van der Waals surface area contributed by atoms with E-state index in [0.29, 0.717) is 6.54 Å². The largest absolute Gasteiger partial charge is 0.378 e. The maximum absolute atomic E-state index is 11.9. The fourth-order valence-electron chi connectivity index (χ4n) is 2.17. The third-order valence-electron chi connectivity index (χ3n) is 3.13. The Kier molecular flexibility index (Phi) is 7.70. The number of ether oxygens (including phenoxy) is 1. The molecule has 0 aromatic heterocycles. The summed E-state index contributed by atoms with van der Waals surface area (Å²) in [4.78, 5) is 0. The lowest BCUT2D eigenvalue weighted by Crippen LogP contribution is -2.52. The highest BCUT2D eigenvalue weighted by Crippen LogP contribution is 2.29. The molecule has 1 aliphatic rings. The quantitative estimate of drug-likeness (QED) is 0.735. The summed E-state index contributed by atoms with van der Waals surface area (Å²) in [5.74, 6) is 0.00687. The monoisotopic (exact) mass is 300 g/mol. The van der Waals surface area contributed by atoms with E-state index in [4.69, 9.17) is 10.5 Å². The minimum absolute atomic E-state index is 0. The minimum Gasteiger partial charge on any atom is -0.378 e. The van der Waals surface area contributed by atoms with Crippen LogP contribution in [-0.2, 0) is 14.8 Å². The second-order valence-corrected chi connectivity index (χ2v) is 6.87. The molecular weight excluding hydrogens is 276 g/mol. The number of halogens is 1. The Bertz CT molecular complexity index is 327. The SMILES string of the molecule is CC(C)OCCS(=O)(=O)NC1(CN)CCCC1.Cl. The lowest BCUT2D eigenvalue weighted by atomic mass is 10.0. The highest BCUT2D eigenvalue weighted by molar-refractivity contribution is 7.89. The summed E-state index contributed by atoms with van der Waals surface area (Å²) in [6.45, 7) is 4.38. The van der Waals surface area contributed by atoms with E-state index in [9.17, 15) is 8.42 Å². The molecule has 0 atom stereocenters. The van der Waals surface area contributed by atoms with Crippen LogP contribution in [0.2, 0.25) is 0 Å². The number of nitrogens with one attached hydrogen (secondary N) is 1. The molecule has 0 bridgehead atoms. The molecule has 1 rings (SSSR count). The van der Waals surface area contributed by atoms with E-state index in [0.717, 1.165) is 25.7 Å². The zero-order valence-electron chi connectivity index (χ0n) is 11.1. The predicted octanol–water partition coefficient (Wildman–Crippen LogP) is 1.02. The number of hydrogen-bond acceptors (Lipinski definition) is 4. The normalized spacial score (nSPS) is 18.9. The lowest BCUT2D eigenvalue weighted by Gasteiger charge is -2.28. The Hall–Kier alpha value is 0.120. The predicted molar refractivity (Wildman–Crippen MR) is 75.5 cm³/mol. The Balaban J connectivity index is 0.00000289. The van der Waals surface area contributed by atoms with Crippen LogP contribution in [0.1, 0.15) is 39.5 Å². The van der Waals surface area contributed by atoms with Crippen LogP contribution in [0.3, 0.4) is 0 Å². The number of rotatable bonds is 7. The van der Waals surface area contributed by atoms with Gasteiger partial charge in [0.25, 0.3) is 0 Å². The van der Waals surface area contributed by atoms with Crippen molar-refractivity contribution in [2.75, 3.05) is 18.9 Å². The molecule has 1 saturated carbocycles. The molecule has 5 nitrogen and oxygen atoms in total. The van der Waals surface area contributed by atoms with Crippen LogP contribution in [0.5, 0.6) is 0 Å². The average molecular weight is 301 g/mol. The van der Waals surface area contributed by atoms with Gasteiger partial charge >= 0.3 is 0 Å². The van der Waals surface area contributed by atoms with E-state index < -0.39 is 15.6 Å². The average Bonchev–Trinajstić information content (AvgIpc) is 2.65. The van der Waals surface area contributed by atoms with Crippen LogP contribution in [0.25, 0.3) is 0 Å². The van der Waals surface area contributed by atoms with Crippen molar-refractivity contribution in [3.8, 4) is 0 Å². The highest BCUT2D eigenvalue weighted by atomic mass is 35.5. The van der Waals surface area contributed by atoms with Crippen LogP contribution < -0.4 is 10.5 Å². The molecular formula is C11H25ClN2O3S. The molecule has 0 saturated heterocycles. The van der Waals surface area contributed by atoms with E-state index in [-0.39, 0.29) is 30.9 Å². The molecule has 0 heterocycles. The van der Waals surface area contributed by atoms with Crippen LogP contribution in [-0.4, -0.2) is 39.0 Å². The molecule has 0 aliphatic heterocycles. The van der Waals surface area contributed by atoms with Crippen LogP contribution >= 0.6 is 12.4 Å². The summed E-state index contributed by atoms with van der Waals surface area (Å²) in [6.07, 6.45) is 3.83.